The molecule has 3 unspecified atom stereocenters. The quantitative estimate of drug-likeness (QED) is 0.589. The van der Waals surface area contributed by atoms with Crippen LogP contribution in [-0.2, 0) is 0 Å². The number of primary amides is 1. The molecule has 1 aliphatic rings. The van der Waals surface area contributed by atoms with Crippen LogP contribution >= 0.6 is 0 Å². The molecule has 3 atom stereocenters. The number of nitrogens with zero attached hydrogens (tertiary/aromatic N) is 1. The number of ether oxygens (including phenoxy) is 1. The Bertz CT molecular complexity index is 703. The van der Waals surface area contributed by atoms with Crippen LogP contribution in [-0.4, -0.2) is 22.8 Å². The van der Waals surface area contributed by atoms with Crippen molar-refractivity contribution in [3.05, 3.63) is 65.7 Å². The molecule has 132 valence electrons. The average Bonchev–Trinajstić information content (AvgIpc) is 3.40. The highest BCUT2D eigenvalue weighted by Gasteiger charge is 2.38. The van der Waals surface area contributed by atoms with Crippen molar-refractivity contribution in [2.45, 2.75) is 31.8 Å². The van der Waals surface area contributed by atoms with E-state index < -0.39 is 6.03 Å². The second kappa shape index (κ2) is 7.57. The molecule has 3 N–H and O–H groups in total. The molecule has 0 bridgehead atoms. The van der Waals surface area contributed by atoms with Gasteiger partial charge in [0.15, 0.2) is 0 Å². The van der Waals surface area contributed by atoms with Gasteiger partial charge in [-0.2, -0.15) is 0 Å². The first-order valence-electron chi connectivity index (χ1n) is 8.62. The SMILES string of the molecule is CC(Oc1ccc(C2CC2CCN(O)C(N)=O)cc1)c1ccccc1. The lowest BCUT2D eigenvalue weighted by molar-refractivity contribution is -0.0410. The lowest BCUT2D eigenvalue weighted by atomic mass is 10.1. The summed E-state index contributed by atoms with van der Waals surface area (Å²) in [7, 11) is 0. The van der Waals surface area contributed by atoms with E-state index in [4.69, 9.17) is 10.5 Å². The highest BCUT2D eigenvalue weighted by molar-refractivity contribution is 5.70. The van der Waals surface area contributed by atoms with Crippen molar-refractivity contribution in [1.29, 1.82) is 0 Å². The van der Waals surface area contributed by atoms with E-state index in [1.165, 1.54) is 5.56 Å². The summed E-state index contributed by atoms with van der Waals surface area (Å²) in [6.07, 6.45) is 1.84. The molecule has 2 aromatic carbocycles. The minimum absolute atomic E-state index is 0.00469. The van der Waals surface area contributed by atoms with Crippen molar-refractivity contribution >= 4 is 6.03 Å². The molecule has 0 saturated heterocycles. The maximum Gasteiger partial charge on any atom is 0.338 e. The van der Waals surface area contributed by atoms with Crippen LogP contribution < -0.4 is 10.5 Å². The van der Waals surface area contributed by atoms with Gasteiger partial charge in [-0.15, -0.1) is 0 Å². The van der Waals surface area contributed by atoms with Gasteiger partial charge < -0.3 is 10.5 Å². The Balaban J connectivity index is 1.51. The molecule has 0 radical (unpaired) electrons. The molecule has 25 heavy (non-hydrogen) atoms. The second-order valence-electron chi connectivity index (χ2n) is 6.59. The molecule has 5 nitrogen and oxygen atoms in total. The zero-order chi connectivity index (χ0) is 17.8. The van der Waals surface area contributed by atoms with Gasteiger partial charge in [0, 0.05) is 0 Å². The summed E-state index contributed by atoms with van der Waals surface area (Å²) in [5, 5.41) is 9.90. The second-order valence-corrected chi connectivity index (χ2v) is 6.59. The lowest BCUT2D eigenvalue weighted by Gasteiger charge is -2.15. The first kappa shape index (κ1) is 17.3. The third kappa shape index (κ3) is 4.51. The lowest BCUT2D eigenvalue weighted by Crippen LogP contribution is -2.33. The predicted molar refractivity (Wildman–Crippen MR) is 95.5 cm³/mol. The topological polar surface area (TPSA) is 75.8 Å². The van der Waals surface area contributed by atoms with Crippen molar-refractivity contribution in [1.82, 2.24) is 5.06 Å². The van der Waals surface area contributed by atoms with E-state index in [0.717, 1.165) is 24.2 Å². The molecule has 0 heterocycles. The molecule has 3 rings (SSSR count). The molecular formula is C20H24N2O3. The Labute approximate surface area is 148 Å². The highest BCUT2D eigenvalue weighted by atomic mass is 16.5. The number of nitrogens with two attached hydrogens (primary N) is 1. The van der Waals surface area contributed by atoms with Crippen molar-refractivity contribution in [2.24, 2.45) is 11.7 Å². The molecule has 0 spiro atoms. The van der Waals surface area contributed by atoms with Crippen molar-refractivity contribution in [3.8, 4) is 5.75 Å². The van der Waals surface area contributed by atoms with Crippen LogP contribution in [0.25, 0.3) is 0 Å². The van der Waals surface area contributed by atoms with Gasteiger partial charge in [-0.25, -0.2) is 9.86 Å². The summed E-state index contributed by atoms with van der Waals surface area (Å²) in [6, 6.07) is 17.6. The zero-order valence-electron chi connectivity index (χ0n) is 14.3. The number of hydrogen-bond acceptors (Lipinski definition) is 3. The maximum atomic E-state index is 10.8. The van der Waals surface area contributed by atoms with E-state index in [9.17, 15) is 10.0 Å². The fraction of sp³-hybridized carbons (Fsp3) is 0.350. The number of urea groups is 1. The Hall–Kier alpha value is -2.53. The van der Waals surface area contributed by atoms with Crippen LogP contribution in [0.1, 0.15) is 42.9 Å². The monoisotopic (exact) mass is 340 g/mol. The first-order valence-corrected chi connectivity index (χ1v) is 8.62. The van der Waals surface area contributed by atoms with Crippen LogP contribution in [0.2, 0.25) is 0 Å². The number of hydroxylamine groups is 2. The van der Waals surface area contributed by atoms with Crippen LogP contribution in [0.15, 0.2) is 54.6 Å². The van der Waals surface area contributed by atoms with E-state index in [1.54, 1.807) is 0 Å². The van der Waals surface area contributed by atoms with Gasteiger partial charge in [0.05, 0.1) is 6.54 Å². The number of amides is 2. The number of hydrogen-bond donors (Lipinski definition) is 2. The fourth-order valence-electron chi connectivity index (χ4n) is 3.16. The molecule has 5 heteroatoms. The van der Waals surface area contributed by atoms with Crippen LogP contribution in [0.4, 0.5) is 4.79 Å². The number of benzene rings is 2. The summed E-state index contributed by atoms with van der Waals surface area (Å²) in [5.41, 5.74) is 7.43. The molecule has 0 aromatic heterocycles. The number of rotatable bonds is 7. The van der Waals surface area contributed by atoms with E-state index in [2.05, 4.69) is 24.3 Å². The minimum atomic E-state index is -0.800. The fourth-order valence-corrected chi connectivity index (χ4v) is 3.16. The molecule has 1 aliphatic carbocycles. The van der Waals surface area contributed by atoms with E-state index in [-0.39, 0.29) is 12.6 Å². The molecule has 1 fully saturated rings. The summed E-state index contributed by atoms with van der Waals surface area (Å²) >= 11 is 0. The molecule has 2 amide bonds. The summed E-state index contributed by atoms with van der Waals surface area (Å²) < 4.78 is 6.00. The molecular weight excluding hydrogens is 316 g/mol. The largest absolute Gasteiger partial charge is 0.486 e. The zero-order valence-corrected chi connectivity index (χ0v) is 14.3. The van der Waals surface area contributed by atoms with Crippen LogP contribution in [0.5, 0.6) is 5.75 Å². The first-order chi connectivity index (χ1) is 12.0. The maximum absolute atomic E-state index is 10.8. The molecule has 2 aromatic rings. The minimum Gasteiger partial charge on any atom is -0.486 e. The van der Waals surface area contributed by atoms with Crippen LogP contribution in [0, 0.1) is 5.92 Å². The summed E-state index contributed by atoms with van der Waals surface area (Å²) in [4.78, 5) is 10.8. The van der Waals surface area contributed by atoms with Crippen molar-refractivity contribution in [3.63, 3.8) is 0 Å². The smallest absolute Gasteiger partial charge is 0.338 e. The van der Waals surface area contributed by atoms with Gasteiger partial charge in [-0.3, -0.25) is 5.21 Å². The van der Waals surface area contributed by atoms with Gasteiger partial charge in [-0.1, -0.05) is 42.5 Å². The Morgan fingerprint density at radius 3 is 2.56 bits per heavy atom. The Morgan fingerprint density at radius 2 is 1.92 bits per heavy atom. The molecule has 0 aliphatic heterocycles. The normalized spacial score (nSPS) is 19.9. The highest BCUT2D eigenvalue weighted by Crippen LogP contribution is 2.49. The predicted octanol–water partition coefficient (Wildman–Crippen LogP) is 4.09. The summed E-state index contributed by atoms with van der Waals surface area (Å²) in [5.74, 6) is 1.83. The standard InChI is InChI=1S/C20H24N2O3/c1-14(15-5-3-2-4-6-15)25-18-9-7-16(8-10-18)19-13-17(19)11-12-22(24)20(21)23/h2-10,14,17,19,24H,11-13H2,1H3,(H2,21,23). The van der Waals surface area contributed by atoms with Gasteiger partial charge in [-0.05, 0) is 54.9 Å². The van der Waals surface area contributed by atoms with E-state index in [0.29, 0.717) is 16.9 Å². The van der Waals surface area contributed by atoms with Gasteiger partial charge in [0.1, 0.15) is 11.9 Å². The van der Waals surface area contributed by atoms with E-state index in [1.807, 2.05) is 37.3 Å². The molecule has 1 saturated carbocycles. The van der Waals surface area contributed by atoms with Gasteiger partial charge >= 0.3 is 6.03 Å². The summed E-state index contributed by atoms with van der Waals surface area (Å²) in [6.45, 7) is 2.33. The van der Waals surface area contributed by atoms with Crippen molar-refractivity contribution < 1.29 is 14.7 Å². The Morgan fingerprint density at radius 1 is 1.24 bits per heavy atom. The third-order valence-corrected chi connectivity index (χ3v) is 4.78. The number of carbonyl (C=O) groups is 1. The van der Waals surface area contributed by atoms with Crippen molar-refractivity contribution in [2.75, 3.05) is 6.54 Å². The average molecular weight is 340 g/mol. The Kier molecular flexibility index (Phi) is 5.24. The van der Waals surface area contributed by atoms with E-state index >= 15 is 0 Å². The van der Waals surface area contributed by atoms with Gasteiger partial charge in [0.25, 0.3) is 0 Å². The third-order valence-electron chi connectivity index (χ3n) is 4.78. The van der Waals surface area contributed by atoms with Gasteiger partial charge in [0.2, 0.25) is 0 Å². The van der Waals surface area contributed by atoms with Crippen LogP contribution in [0.3, 0.4) is 0 Å². The number of carbonyl (C=O) groups excluding carboxylic acids is 1.